The fraction of sp³-hybridized carbons (Fsp3) is 0.606. The van der Waals surface area contributed by atoms with Gasteiger partial charge < -0.3 is 4.74 Å². The number of halogens is 1. The van der Waals surface area contributed by atoms with E-state index in [4.69, 9.17) is 4.74 Å². The van der Waals surface area contributed by atoms with Crippen LogP contribution in [-0.4, -0.2) is 12.1 Å². The Hall–Kier alpha value is -2.16. The van der Waals surface area contributed by atoms with E-state index in [0.717, 1.165) is 48.6 Å². The van der Waals surface area contributed by atoms with Gasteiger partial charge in [0.15, 0.2) is 0 Å². The van der Waals surface area contributed by atoms with Crippen LogP contribution in [0.3, 0.4) is 0 Å². The number of hydrogen-bond donors (Lipinski definition) is 0. The Kier molecular flexibility index (Phi) is 10.0. The maximum absolute atomic E-state index is 15.1. The van der Waals surface area contributed by atoms with Crippen LogP contribution < -0.4 is 0 Å². The number of benzene rings is 2. The van der Waals surface area contributed by atoms with E-state index in [2.05, 4.69) is 19.9 Å². The molecule has 0 amide bonds. The number of carbonyl (C=O) groups is 1. The molecular formula is C33H45FO2. The third-order valence-electron chi connectivity index (χ3n) is 8.72. The average Bonchev–Trinajstić information content (AvgIpc) is 2.90. The molecule has 196 valence electrons. The minimum absolute atomic E-state index is 0.0293. The standard InChI is InChI=1S/C33H45FO2/c1-3-5-6-8-25-9-13-26(14-10-25)29-19-22-31(32(34)23-29)27-15-17-28(18-16-27)33(35)36-30-20-11-24(7-4-2)12-21-30/h15-19,22-26,30H,3-14,20-21H2,1-2H3/t24-,25-,26-,30-. The van der Waals surface area contributed by atoms with E-state index in [0.29, 0.717) is 17.0 Å². The molecule has 2 nitrogen and oxygen atoms in total. The first-order valence-electron chi connectivity index (χ1n) is 14.7. The molecule has 0 radical (unpaired) electrons. The topological polar surface area (TPSA) is 26.3 Å². The van der Waals surface area contributed by atoms with Gasteiger partial charge in [0.25, 0.3) is 0 Å². The van der Waals surface area contributed by atoms with Gasteiger partial charge in [-0.2, -0.15) is 0 Å². The third-order valence-corrected chi connectivity index (χ3v) is 8.72. The Labute approximate surface area is 218 Å². The zero-order valence-corrected chi connectivity index (χ0v) is 22.4. The number of carbonyl (C=O) groups excluding carboxylic acids is 1. The molecule has 36 heavy (non-hydrogen) atoms. The van der Waals surface area contributed by atoms with Crippen molar-refractivity contribution >= 4 is 5.97 Å². The summed E-state index contributed by atoms with van der Waals surface area (Å²) < 4.78 is 20.9. The molecule has 2 saturated carbocycles. The summed E-state index contributed by atoms with van der Waals surface area (Å²) in [5.41, 5.74) is 3.08. The predicted octanol–water partition coefficient (Wildman–Crippen LogP) is 9.86. The van der Waals surface area contributed by atoms with E-state index in [1.165, 1.54) is 64.2 Å². The van der Waals surface area contributed by atoms with Crippen molar-refractivity contribution in [2.75, 3.05) is 0 Å². The van der Waals surface area contributed by atoms with Gasteiger partial charge in [0.05, 0.1) is 5.56 Å². The monoisotopic (exact) mass is 492 g/mol. The molecule has 0 spiro atoms. The SMILES string of the molecule is CCCCC[C@H]1CC[C@H](c2ccc(-c3ccc(C(=O)O[C@H]4CC[C@H](CCC)CC4)cc3)c(F)c2)CC1. The molecule has 0 heterocycles. The van der Waals surface area contributed by atoms with Gasteiger partial charge in [-0.3, -0.25) is 0 Å². The van der Waals surface area contributed by atoms with Crippen molar-refractivity contribution < 1.29 is 13.9 Å². The van der Waals surface area contributed by atoms with Crippen molar-refractivity contribution in [2.45, 2.75) is 116 Å². The lowest BCUT2D eigenvalue weighted by atomic mass is 9.77. The van der Waals surface area contributed by atoms with E-state index in [9.17, 15) is 4.79 Å². The third kappa shape index (κ3) is 7.20. The highest BCUT2D eigenvalue weighted by atomic mass is 19.1. The number of hydrogen-bond acceptors (Lipinski definition) is 2. The van der Waals surface area contributed by atoms with E-state index in [1.54, 1.807) is 18.2 Å². The molecule has 2 aromatic carbocycles. The summed E-state index contributed by atoms with van der Waals surface area (Å²) in [4.78, 5) is 12.7. The second-order valence-corrected chi connectivity index (χ2v) is 11.4. The lowest BCUT2D eigenvalue weighted by Crippen LogP contribution is -2.24. The Morgan fingerprint density at radius 3 is 2.11 bits per heavy atom. The Morgan fingerprint density at radius 1 is 0.806 bits per heavy atom. The molecule has 0 atom stereocenters. The first-order valence-corrected chi connectivity index (χ1v) is 14.7. The molecule has 0 aliphatic heterocycles. The van der Waals surface area contributed by atoms with Crippen LogP contribution in [0.2, 0.25) is 0 Å². The van der Waals surface area contributed by atoms with Gasteiger partial charge in [-0.05, 0) is 98.4 Å². The average molecular weight is 493 g/mol. The number of esters is 1. The Balaban J connectivity index is 1.30. The van der Waals surface area contributed by atoms with Crippen LogP contribution >= 0.6 is 0 Å². The first-order chi connectivity index (χ1) is 17.6. The van der Waals surface area contributed by atoms with Crippen molar-refractivity contribution in [1.82, 2.24) is 0 Å². The molecule has 2 aromatic rings. The highest BCUT2D eigenvalue weighted by Gasteiger charge is 2.25. The summed E-state index contributed by atoms with van der Waals surface area (Å²) in [6, 6.07) is 13.0. The van der Waals surface area contributed by atoms with Gasteiger partial charge >= 0.3 is 5.97 Å². The Morgan fingerprint density at radius 2 is 1.47 bits per heavy atom. The largest absolute Gasteiger partial charge is 0.459 e. The lowest BCUT2D eigenvalue weighted by molar-refractivity contribution is 0.0161. The summed E-state index contributed by atoms with van der Waals surface area (Å²) in [7, 11) is 0. The predicted molar refractivity (Wildman–Crippen MR) is 147 cm³/mol. The van der Waals surface area contributed by atoms with Gasteiger partial charge in [-0.25, -0.2) is 9.18 Å². The fourth-order valence-electron chi connectivity index (χ4n) is 6.44. The zero-order valence-electron chi connectivity index (χ0n) is 22.4. The van der Waals surface area contributed by atoms with Crippen molar-refractivity contribution in [3.05, 3.63) is 59.4 Å². The van der Waals surface area contributed by atoms with Crippen molar-refractivity contribution in [3.8, 4) is 11.1 Å². The van der Waals surface area contributed by atoms with Crippen LogP contribution in [0.25, 0.3) is 11.1 Å². The molecule has 0 aromatic heterocycles. The normalized spacial score (nSPS) is 24.4. The molecule has 2 fully saturated rings. The van der Waals surface area contributed by atoms with Crippen LogP contribution in [0.1, 0.15) is 126 Å². The van der Waals surface area contributed by atoms with Gasteiger partial charge in [0.1, 0.15) is 11.9 Å². The zero-order chi connectivity index (χ0) is 25.3. The second kappa shape index (κ2) is 13.4. The molecule has 4 rings (SSSR count). The smallest absolute Gasteiger partial charge is 0.338 e. The summed E-state index contributed by atoms with van der Waals surface area (Å²) in [6.45, 7) is 4.49. The molecule has 2 aliphatic rings. The van der Waals surface area contributed by atoms with E-state index >= 15 is 4.39 Å². The highest BCUT2D eigenvalue weighted by Crippen LogP contribution is 2.39. The lowest BCUT2D eigenvalue weighted by Gasteiger charge is -2.29. The van der Waals surface area contributed by atoms with Crippen molar-refractivity contribution in [3.63, 3.8) is 0 Å². The highest BCUT2D eigenvalue weighted by molar-refractivity contribution is 5.90. The Bertz CT molecular complexity index is 950. The van der Waals surface area contributed by atoms with Gasteiger partial charge in [-0.1, -0.05) is 76.6 Å². The summed E-state index contributed by atoms with van der Waals surface area (Å²) in [6.07, 6.45) is 17.0. The quantitative estimate of drug-likeness (QED) is 0.244. The molecular weight excluding hydrogens is 447 g/mol. The van der Waals surface area contributed by atoms with Crippen LogP contribution in [0.4, 0.5) is 4.39 Å². The number of unbranched alkanes of at least 4 members (excludes halogenated alkanes) is 2. The van der Waals surface area contributed by atoms with Crippen molar-refractivity contribution in [2.24, 2.45) is 11.8 Å². The van der Waals surface area contributed by atoms with E-state index in [-0.39, 0.29) is 17.9 Å². The maximum atomic E-state index is 15.1. The van der Waals surface area contributed by atoms with Crippen LogP contribution in [0.15, 0.2) is 42.5 Å². The molecule has 0 saturated heterocycles. The van der Waals surface area contributed by atoms with Gasteiger partial charge in [0.2, 0.25) is 0 Å². The van der Waals surface area contributed by atoms with E-state index < -0.39 is 0 Å². The number of rotatable bonds is 10. The maximum Gasteiger partial charge on any atom is 0.338 e. The summed E-state index contributed by atoms with van der Waals surface area (Å²) in [5, 5.41) is 0. The van der Waals surface area contributed by atoms with Crippen LogP contribution in [0, 0.1) is 17.7 Å². The first kappa shape index (κ1) is 26.9. The minimum atomic E-state index is -0.262. The second-order valence-electron chi connectivity index (χ2n) is 11.4. The van der Waals surface area contributed by atoms with Crippen LogP contribution in [-0.2, 0) is 4.74 Å². The van der Waals surface area contributed by atoms with Crippen molar-refractivity contribution in [1.29, 1.82) is 0 Å². The summed E-state index contributed by atoms with van der Waals surface area (Å²) in [5.74, 6) is 1.69. The molecule has 0 N–H and O–H groups in total. The minimum Gasteiger partial charge on any atom is -0.459 e. The van der Waals surface area contributed by atoms with E-state index in [1.807, 2.05) is 18.2 Å². The molecule has 2 aliphatic carbocycles. The summed E-state index contributed by atoms with van der Waals surface area (Å²) >= 11 is 0. The fourth-order valence-corrected chi connectivity index (χ4v) is 6.44. The number of ether oxygens (including phenoxy) is 1. The van der Waals surface area contributed by atoms with Crippen LogP contribution in [0.5, 0.6) is 0 Å². The molecule has 0 bridgehead atoms. The molecule has 0 unspecified atom stereocenters. The van der Waals surface area contributed by atoms with Gasteiger partial charge in [0, 0.05) is 5.56 Å². The molecule has 3 heteroatoms. The van der Waals surface area contributed by atoms with Gasteiger partial charge in [-0.15, -0.1) is 0 Å².